The van der Waals surface area contributed by atoms with E-state index in [1.54, 1.807) is 30.3 Å². The molecule has 0 saturated carbocycles. The molecule has 0 bridgehead atoms. The molecule has 0 aliphatic rings. The quantitative estimate of drug-likeness (QED) is 0.198. The van der Waals surface area contributed by atoms with E-state index in [1.807, 2.05) is 50.2 Å². The van der Waals surface area contributed by atoms with Gasteiger partial charge in [0.05, 0.1) is 17.7 Å². The maximum Gasteiger partial charge on any atom is 0.264 e. The smallest absolute Gasteiger partial charge is 0.264 e. The average molecular weight is 632 g/mol. The lowest BCUT2D eigenvalue weighted by Crippen LogP contribution is -2.53. The number of nitrogens with zero attached hydrogens (tertiary/aromatic N) is 2. The Morgan fingerprint density at radius 3 is 2.20 bits per heavy atom. The van der Waals surface area contributed by atoms with Gasteiger partial charge in [0.25, 0.3) is 10.0 Å². The number of anilines is 1. The van der Waals surface area contributed by atoms with Crippen molar-refractivity contribution in [2.24, 2.45) is 0 Å². The van der Waals surface area contributed by atoms with E-state index in [9.17, 15) is 22.4 Å². The molecule has 4 aromatic carbocycles. The zero-order valence-corrected chi connectivity index (χ0v) is 26.5. The predicted molar refractivity (Wildman–Crippen MR) is 173 cm³/mol. The molecule has 0 spiro atoms. The largest absolute Gasteiger partial charge is 0.497 e. The number of halogens is 1. The number of rotatable bonds is 14. The molecule has 1 N–H and O–H groups in total. The monoisotopic (exact) mass is 631 g/mol. The van der Waals surface area contributed by atoms with E-state index in [1.165, 1.54) is 36.3 Å². The third kappa shape index (κ3) is 8.69. The van der Waals surface area contributed by atoms with E-state index in [4.69, 9.17) is 4.74 Å². The Bertz CT molecular complexity index is 1680. The van der Waals surface area contributed by atoms with Crippen molar-refractivity contribution < 1.29 is 27.1 Å². The normalized spacial score (nSPS) is 11.8. The van der Waals surface area contributed by atoms with Crippen molar-refractivity contribution in [3.05, 3.63) is 126 Å². The molecule has 0 heterocycles. The van der Waals surface area contributed by atoms with Gasteiger partial charge in [-0.1, -0.05) is 67.1 Å². The van der Waals surface area contributed by atoms with Gasteiger partial charge in [0, 0.05) is 19.5 Å². The lowest BCUT2D eigenvalue weighted by atomic mass is 10.0. The van der Waals surface area contributed by atoms with Gasteiger partial charge < -0.3 is 15.0 Å². The molecule has 8 nitrogen and oxygen atoms in total. The van der Waals surface area contributed by atoms with Crippen molar-refractivity contribution in [3.63, 3.8) is 0 Å². The van der Waals surface area contributed by atoms with E-state index >= 15 is 0 Å². The Morgan fingerprint density at radius 2 is 1.56 bits per heavy atom. The van der Waals surface area contributed by atoms with Crippen LogP contribution in [0.3, 0.4) is 0 Å². The number of benzene rings is 4. The van der Waals surface area contributed by atoms with Crippen LogP contribution in [0.5, 0.6) is 5.75 Å². The molecule has 10 heteroatoms. The number of amides is 2. The molecule has 0 radical (unpaired) electrons. The standard InChI is InChI=1S/C35H38FN3O5S/c1-4-21-37-35(41)33(23-27-9-6-5-7-10-27)38(24-28-11-8-12-31(22-28)44-3)34(40)25-39(30-17-15-29(36)16-18-30)45(42,43)32-19-13-26(2)14-20-32/h5-20,22,33H,4,21,23-25H2,1-3H3,(H,37,41). The molecular formula is C35H38FN3O5S. The summed E-state index contributed by atoms with van der Waals surface area (Å²) in [5, 5.41) is 2.92. The van der Waals surface area contributed by atoms with Crippen molar-refractivity contribution in [2.45, 2.75) is 44.2 Å². The van der Waals surface area contributed by atoms with Crippen LogP contribution in [0.4, 0.5) is 10.1 Å². The van der Waals surface area contributed by atoms with Crippen LogP contribution in [0.2, 0.25) is 0 Å². The highest BCUT2D eigenvalue weighted by molar-refractivity contribution is 7.92. The summed E-state index contributed by atoms with van der Waals surface area (Å²) in [5.41, 5.74) is 2.51. The van der Waals surface area contributed by atoms with Gasteiger partial charge in [-0.15, -0.1) is 0 Å². The van der Waals surface area contributed by atoms with Crippen molar-refractivity contribution in [1.29, 1.82) is 0 Å². The first-order valence-electron chi connectivity index (χ1n) is 14.7. The van der Waals surface area contributed by atoms with Crippen LogP contribution in [0.1, 0.15) is 30.0 Å². The van der Waals surface area contributed by atoms with Gasteiger partial charge in [-0.3, -0.25) is 13.9 Å². The van der Waals surface area contributed by atoms with Crippen LogP contribution in [0.25, 0.3) is 0 Å². The minimum Gasteiger partial charge on any atom is -0.497 e. The summed E-state index contributed by atoms with van der Waals surface area (Å²) in [7, 11) is -2.74. The maximum atomic E-state index is 14.4. The molecule has 45 heavy (non-hydrogen) atoms. The van der Waals surface area contributed by atoms with Crippen molar-refractivity contribution >= 4 is 27.5 Å². The lowest BCUT2D eigenvalue weighted by Gasteiger charge is -2.34. The molecule has 4 aromatic rings. The number of aryl methyl sites for hydroxylation is 1. The third-order valence-electron chi connectivity index (χ3n) is 7.31. The van der Waals surface area contributed by atoms with E-state index in [-0.39, 0.29) is 29.5 Å². The molecule has 0 aromatic heterocycles. The summed E-state index contributed by atoms with van der Waals surface area (Å²) < 4.78 is 48.3. The number of nitrogens with one attached hydrogen (secondary N) is 1. The fourth-order valence-electron chi connectivity index (χ4n) is 4.86. The van der Waals surface area contributed by atoms with Crippen LogP contribution in [0.15, 0.2) is 108 Å². The van der Waals surface area contributed by atoms with Crippen molar-refractivity contribution in [3.8, 4) is 5.75 Å². The van der Waals surface area contributed by atoms with E-state index in [0.717, 1.165) is 27.6 Å². The SMILES string of the molecule is CCCNC(=O)C(Cc1ccccc1)N(Cc1cccc(OC)c1)C(=O)CN(c1ccc(F)cc1)S(=O)(=O)c1ccc(C)cc1. The zero-order valence-electron chi connectivity index (χ0n) is 25.6. The summed E-state index contributed by atoms with van der Waals surface area (Å²) in [6, 6.07) is 26.7. The summed E-state index contributed by atoms with van der Waals surface area (Å²) in [6.07, 6.45) is 0.897. The highest BCUT2D eigenvalue weighted by atomic mass is 32.2. The van der Waals surface area contributed by atoms with Crippen molar-refractivity contribution in [1.82, 2.24) is 10.2 Å². The second kappa shape index (κ2) is 15.3. The molecule has 2 amide bonds. The molecule has 0 saturated heterocycles. The molecule has 1 atom stereocenters. The van der Waals surface area contributed by atoms with Crippen LogP contribution in [0, 0.1) is 12.7 Å². The topological polar surface area (TPSA) is 96.0 Å². The number of ether oxygens (including phenoxy) is 1. The fraction of sp³-hybridized carbons (Fsp3) is 0.257. The average Bonchev–Trinajstić information content (AvgIpc) is 3.05. The maximum absolute atomic E-state index is 14.4. The molecule has 0 fully saturated rings. The van der Waals surface area contributed by atoms with Crippen LogP contribution >= 0.6 is 0 Å². The first kappa shape index (κ1) is 33.2. The highest BCUT2D eigenvalue weighted by Crippen LogP contribution is 2.26. The van der Waals surface area contributed by atoms with E-state index in [2.05, 4.69) is 5.32 Å². The highest BCUT2D eigenvalue weighted by Gasteiger charge is 2.34. The zero-order chi connectivity index (χ0) is 32.4. The Balaban J connectivity index is 1.80. The third-order valence-corrected chi connectivity index (χ3v) is 9.10. The Kier molecular flexibility index (Phi) is 11.3. The van der Waals surface area contributed by atoms with Crippen LogP contribution < -0.4 is 14.4 Å². The number of carbonyl (C=O) groups excluding carboxylic acids is 2. The Hall–Kier alpha value is -4.70. The van der Waals surface area contributed by atoms with Gasteiger partial charge >= 0.3 is 0 Å². The van der Waals surface area contributed by atoms with Crippen LogP contribution in [-0.4, -0.2) is 51.4 Å². The first-order valence-corrected chi connectivity index (χ1v) is 16.2. The number of hydrogen-bond acceptors (Lipinski definition) is 5. The van der Waals surface area contributed by atoms with Gasteiger partial charge in [-0.2, -0.15) is 0 Å². The van der Waals surface area contributed by atoms with Gasteiger partial charge in [0.1, 0.15) is 24.2 Å². The number of methoxy groups -OCH3 is 1. The van der Waals surface area contributed by atoms with Gasteiger partial charge in [0.15, 0.2) is 0 Å². The number of carbonyl (C=O) groups is 2. The number of hydrogen-bond donors (Lipinski definition) is 1. The van der Waals surface area contributed by atoms with E-state index < -0.39 is 34.3 Å². The Morgan fingerprint density at radius 1 is 0.889 bits per heavy atom. The Labute approximate surface area is 264 Å². The van der Waals surface area contributed by atoms with Crippen LogP contribution in [-0.2, 0) is 32.6 Å². The molecule has 4 rings (SSSR count). The minimum atomic E-state index is -4.27. The summed E-state index contributed by atoms with van der Waals surface area (Å²) in [5.74, 6) is -0.935. The fourth-order valence-corrected chi connectivity index (χ4v) is 6.28. The summed E-state index contributed by atoms with van der Waals surface area (Å²) in [4.78, 5) is 29.5. The molecule has 0 aliphatic carbocycles. The van der Waals surface area contributed by atoms with Gasteiger partial charge in [-0.25, -0.2) is 12.8 Å². The second-order valence-electron chi connectivity index (χ2n) is 10.7. The molecular weight excluding hydrogens is 593 g/mol. The molecule has 0 aliphatic heterocycles. The van der Waals surface area contributed by atoms with Gasteiger partial charge in [0.2, 0.25) is 11.8 Å². The number of sulfonamides is 1. The van der Waals surface area contributed by atoms with E-state index in [0.29, 0.717) is 24.3 Å². The summed E-state index contributed by atoms with van der Waals surface area (Å²) in [6.45, 7) is 3.56. The van der Waals surface area contributed by atoms with Gasteiger partial charge in [-0.05, 0) is 73.0 Å². The summed E-state index contributed by atoms with van der Waals surface area (Å²) >= 11 is 0. The predicted octanol–water partition coefficient (Wildman–Crippen LogP) is 5.50. The lowest BCUT2D eigenvalue weighted by molar-refractivity contribution is -0.140. The van der Waals surface area contributed by atoms with Crippen molar-refractivity contribution in [2.75, 3.05) is 24.5 Å². The molecule has 1 unspecified atom stereocenters. The molecule has 236 valence electrons. The minimum absolute atomic E-state index is 0.00884. The first-order chi connectivity index (χ1) is 21.6. The second-order valence-corrected chi connectivity index (χ2v) is 12.5.